The highest BCUT2D eigenvalue weighted by atomic mass is 16.5. The van der Waals surface area contributed by atoms with Crippen molar-refractivity contribution in [2.75, 3.05) is 31.1 Å². The molecule has 8 nitrogen and oxygen atoms in total. The third kappa shape index (κ3) is 4.37. The monoisotopic (exact) mass is 440 g/mol. The molecule has 3 heterocycles. The molecule has 2 fully saturated rings. The molecular formula is C24H32N4O4. The Morgan fingerprint density at radius 2 is 1.84 bits per heavy atom. The number of carbonyl (C=O) groups is 1. The van der Waals surface area contributed by atoms with Crippen LogP contribution in [0.2, 0.25) is 0 Å². The second-order valence-corrected chi connectivity index (χ2v) is 8.58. The smallest absolute Gasteiger partial charge is 0.335 e. The lowest BCUT2D eigenvalue weighted by atomic mass is 9.95. The standard InChI is InChI=1S/C24H32N4O4/c1-3-27-23(30)21(17(2)28(24(27)31)19-8-5-4-6-9-19)26-13-11-18(12-14-26)22(29)25-16-20-10-7-15-32-20/h4-6,8-9,18,20H,3,7,10-16H2,1-2H3,(H,25,29)/t20-/m0/s1. The summed E-state index contributed by atoms with van der Waals surface area (Å²) in [6.45, 7) is 6.49. The Hall–Kier alpha value is -2.87. The molecule has 172 valence electrons. The first-order valence-corrected chi connectivity index (χ1v) is 11.6. The van der Waals surface area contributed by atoms with Gasteiger partial charge < -0.3 is 15.0 Å². The molecule has 1 atom stereocenters. The maximum Gasteiger partial charge on any atom is 0.335 e. The van der Waals surface area contributed by atoms with Gasteiger partial charge in [0.25, 0.3) is 5.56 Å². The van der Waals surface area contributed by atoms with Gasteiger partial charge in [0.2, 0.25) is 5.91 Å². The van der Waals surface area contributed by atoms with Gasteiger partial charge in [-0.25, -0.2) is 4.79 Å². The topological polar surface area (TPSA) is 85.6 Å². The minimum Gasteiger partial charge on any atom is -0.376 e. The molecule has 8 heteroatoms. The summed E-state index contributed by atoms with van der Waals surface area (Å²) in [5, 5.41) is 3.03. The SMILES string of the molecule is CCn1c(=O)c(N2CCC(C(=O)NC[C@@H]3CCCO3)CC2)c(C)n(-c2ccccc2)c1=O. The lowest BCUT2D eigenvalue weighted by Gasteiger charge is -2.34. The summed E-state index contributed by atoms with van der Waals surface area (Å²) in [6.07, 6.45) is 3.53. The van der Waals surface area contributed by atoms with E-state index < -0.39 is 0 Å². The quantitative estimate of drug-likeness (QED) is 0.741. The summed E-state index contributed by atoms with van der Waals surface area (Å²) in [5.41, 5.74) is 1.34. The van der Waals surface area contributed by atoms with Crippen molar-refractivity contribution in [3.63, 3.8) is 0 Å². The van der Waals surface area contributed by atoms with E-state index in [9.17, 15) is 14.4 Å². The van der Waals surface area contributed by atoms with E-state index in [-0.39, 0.29) is 29.2 Å². The molecule has 1 amide bonds. The first kappa shape index (κ1) is 22.3. The van der Waals surface area contributed by atoms with Crippen LogP contribution in [0.1, 0.15) is 38.3 Å². The van der Waals surface area contributed by atoms with Gasteiger partial charge in [0, 0.05) is 38.7 Å². The van der Waals surface area contributed by atoms with Crippen LogP contribution in [0.25, 0.3) is 5.69 Å². The Bertz CT molecular complexity index is 1060. The summed E-state index contributed by atoms with van der Waals surface area (Å²) in [5.74, 6) is -0.00140. The van der Waals surface area contributed by atoms with E-state index >= 15 is 0 Å². The second-order valence-electron chi connectivity index (χ2n) is 8.58. The van der Waals surface area contributed by atoms with Crippen molar-refractivity contribution in [2.45, 2.75) is 52.2 Å². The first-order chi connectivity index (χ1) is 15.5. The Kier molecular flexibility index (Phi) is 6.79. The summed E-state index contributed by atoms with van der Waals surface area (Å²) >= 11 is 0. The van der Waals surface area contributed by atoms with Crippen molar-refractivity contribution in [1.82, 2.24) is 14.5 Å². The van der Waals surface area contributed by atoms with Gasteiger partial charge in [-0.05, 0) is 51.7 Å². The highest BCUT2D eigenvalue weighted by Gasteiger charge is 2.29. The van der Waals surface area contributed by atoms with Crippen molar-refractivity contribution in [3.05, 3.63) is 56.9 Å². The normalized spacial score (nSPS) is 19.3. The molecule has 0 radical (unpaired) electrons. The molecule has 2 aliphatic rings. The number of amides is 1. The number of ether oxygens (including phenoxy) is 1. The molecule has 32 heavy (non-hydrogen) atoms. The minimum absolute atomic E-state index is 0.0668. The van der Waals surface area contributed by atoms with Crippen LogP contribution < -0.4 is 21.5 Å². The zero-order chi connectivity index (χ0) is 22.7. The molecule has 4 rings (SSSR count). The van der Waals surface area contributed by atoms with Crippen molar-refractivity contribution in [1.29, 1.82) is 0 Å². The van der Waals surface area contributed by atoms with Crippen molar-refractivity contribution >= 4 is 11.6 Å². The van der Waals surface area contributed by atoms with Crippen LogP contribution in [0.5, 0.6) is 0 Å². The van der Waals surface area contributed by atoms with Crippen molar-refractivity contribution < 1.29 is 9.53 Å². The van der Waals surface area contributed by atoms with Crippen LogP contribution in [0.15, 0.2) is 39.9 Å². The molecular weight excluding hydrogens is 408 g/mol. The van der Waals surface area contributed by atoms with E-state index in [1.807, 2.05) is 49.1 Å². The minimum atomic E-state index is -0.326. The van der Waals surface area contributed by atoms with E-state index in [1.54, 1.807) is 4.57 Å². The first-order valence-electron chi connectivity index (χ1n) is 11.6. The maximum absolute atomic E-state index is 13.2. The molecule has 0 aliphatic carbocycles. The Labute approximate surface area is 187 Å². The number of rotatable bonds is 6. The fourth-order valence-electron chi connectivity index (χ4n) is 4.79. The fraction of sp³-hybridized carbons (Fsp3) is 0.542. The van der Waals surface area contributed by atoms with E-state index in [1.165, 1.54) is 4.57 Å². The average molecular weight is 441 g/mol. The predicted octanol–water partition coefficient (Wildman–Crippen LogP) is 1.84. The molecule has 0 bridgehead atoms. The van der Waals surface area contributed by atoms with Gasteiger partial charge in [0.1, 0.15) is 5.69 Å². The number of anilines is 1. The molecule has 0 spiro atoms. The average Bonchev–Trinajstić information content (AvgIpc) is 3.33. The number of nitrogens with zero attached hydrogens (tertiary/aromatic N) is 3. The van der Waals surface area contributed by atoms with E-state index in [0.29, 0.717) is 50.4 Å². The number of aromatic nitrogens is 2. The molecule has 1 aromatic carbocycles. The van der Waals surface area contributed by atoms with Crippen LogP contribution in [-0.2, 0) is 16.1 Å². The van der Waals surface area contributed by atoms with Gasteiger partial charge in [-0.15, -0.1) is 0 Å². The number of nitrogens with one attached hydrogen (secondary N) is 1. The molecule has 0 saturated carbocycles. The molecule has 2 aromatic rings. The Morgan fingerprint density at radius 1 is 1.12 bits per heavy atom. The number of carbonyl (C=O) groups excluding carboxylic acids is 1. The predicted molar refractivity (Wildman–Crippen MR) is 124 cm³/mol. The van der Waals surface area contributed by atoms with E-state index in [4.69, 9.17) is 4.74 Å². The van der Waals surface area contributed by atoms with Gasteiger partial charge in [0.05, 0.1) is 17.5 Å². The van der Waals surface area contributed by atoms with Gasteiger partial charge >= 0.3 is 5.69 Å². The van der Waals surface area contributed by atoms with Crippen LogP contribution in [0, 0.1) is 12.8 Å². The third-order valence-corrected chi connectivity index (χ3v) is 6.59. The second kappa shape index (κ2) is 9.73. The number of benzene rings is 1. The molecule has 2 saturated heterocycles. The summed E-state index contributed by atoms with van der Waals surface area (Å²) in [6, 6.07) is 9.39. The summed E-state index contributed by atoms with van der Waals surface area (Å²) in [4.78, 5) is 40.9. The van der Waals surface area contributed by atoms with Crippen LogP contribution in [-0.4, -0.2) is 47.4 Å². The third-order valence-electron chi connectivity index (χ3n) is 6.59. The number of para-hydroxylation sites is 1. The zero-order valence-electron chi connectivity index (χ0n) is 18.9. The van der Waals surface area contributed by atoms with Gasteiger partial charge in [0.15, 0.2) is 0 Å². The van der Waals surface area contributed by atoms with Crippen LogP contribution in [0.3, 0.4) is 0 Å². The van der Waals surface area contributed by atoms with Gasteiger partial charge in [-0.3, -0.25) is 18.7 Å². The van der Waals surface area contributed by atoms with Gasteiger partial charge in [-0.1, -0.05) is 18.2 Å². The lowest BCUT2D eigenvalue weighted by molar-refractivity contribution is -0.126. The van der Waals surface area contributed by atoms with Crippen molar-refractivity contribution in [2.24, 2.45) is 5.92 Å². The number of hydrogen-bond acceptors (Lipinski definition) is 5. The lowest BCUT2D eigenvalue weighted by Crippen LogP contribution is -2.47. The summed E-state index contributed by atoms with van der Waals surface area (Å²) in [7, 11) is 0. The van der Waals surface area contributed by atoms with E-state index in [2.05, 4.69) is 5.32 Å². The highest BCUT2D eigenvalue weighted by Crippen LogP contribution is 2.24. The van der Waals surface area contributed by atoms with Crippen LogP contribution in [0.4, 0.5) is 5.69 Å². The Balaban J connectivity index is 1.53. The highest BCUT2D eigenvalue weighted by molar-refractivity contribution is 5.79. The zero-order valence-corrected chi connectivity index (χ0v) is 18.9. The molecule has 1 aromatic heterocycles. The Morgan fingerprint density at radius 3 is 2.47 bits per heavy atom. The van der Waals surface area contributed by atoms with Gasteiger partial charge in [-0.2, -0.15) is 0 Å². The number of hydrogen-bond donors (Lipinski definition) is 1. The largest absolute Gasteiger partial charge is 0.376 e. The maximum atomic E-state index is 13.2. The molecule has 0 unspecified atom stereocenters. The summed E-state index contributed by atoms with van der Waals surface area (Å²) < 4.78 is 8.48. The van der Waals surface area contributed by atoms with Crippen molar-refractivity contribution in [3.8, 4) is 5.69 Å². The van der Waals surface area contributed by atoms with E-state index in [0.717, 1.165) is 25.1 Å². The van der Waals surface area contributed by atoms with Crippen LogP contribution >= 0.6 is 0 Å². The molecule has 2 aliphatic heterocycles. The number of piperidine rings is 1. The molecule has 1 N–H and O–H groups in total. The fourth-order valence-corrected chi connectivity index (χ4v) is 4.79.